The van der Waals surface area contributed by atoms with Gasteiger partial charge in [-0.3, -0.25) is 9.59 Å². The molecule has 1 aromatic carbocycles. The third-order valence-corrected chi connectivity index (χ3v) is 6.47. The van der Waals surface area contributed by atoms with Crippen LogP contribution in [0.3, 0.4) is 0 Å². The number of fused-ring (bicyclic) bond motifs is 1. The van der Waals surface area contributed by atoms with Gasteiger partial charge in [-0.1, -0.05) is 23.7 Å². The van der Waals surface area contributed by atoms with Gasteiger partial charge >= 0.3 is 5.97 Å². The minimum Gasteiger partial charge on any atom is -0.454 e. The molecule has 2 saturated heterocycles. The third kappa shape index (κ3) is 4.15. The summed E-state index contributed by atoms with van der Waals surface area (Å²) in [6.07, 6.45) is 1.86. The summed E-state index contributed by atoms with van der Waals surface area (Å²) >= 11 is 7.42. The predicted molar refractivity (Wildman–Crippen MR) is 99.9 cm³/mol. The van der Waals surface area contributed by atoms with E-state index in [9.17, 15) is 14.4 Å². The summed E-state index contributed by atoms with van der Waals surface area (Å²) in [7, 11) is 0. The lowest BCUT2D eigenvalue weighted by Crippen LogP contribution is -2.47. The van der Waals surface area contributed by atoms with Crippen molar-refractivity contribution in [1.82, 2.24) is 10.2 Å². The quantitative estimate of drug-likeness (QED) is 0.744. The van der Waals surface area contributed by atoms with Crippen molar-refractivity contribution in [2.24, 2.45) is 0 Å². The lowest BCUT2D eigenvalue weighted by molar-refractivity contribution is -0.156. The standard InChI is InChI=1S/C18H21ClN2O4S/c1-18-8-6-16(23)21(18)14(11-26-18)17(24)25-10-15(22)20-9-7-12-2-4-13(19)5-3-12/h2-5,14H,6-11H2,1H3,(H,20,22)/t14-,18+/m0/s1. The molecule has 0 unspecified atom stereocenters. The molecule has 2 aliphatic rings. The number of rotatable bonds is 6. The molecule has 2 heterocycles. The minimum atomic E-state index is -0.595. The number of benzene rings is 1. The third-order valence-electron chi connectivity index (χ3n) is 4.71. The Hall–Kier alpha value is -1.73. The minimum absolute atomic E-state index is 0.0214. The fourth-order valence-corrected chi connectivity index (χ4v) is 4.82. The van der Waals surface area contributed by atoms with E-state index in [2.05, 4.69) is 5.32 Å². The lowest BCUT2D eigenvalue weighted by Gasteiger charge is -2.29. The summed E-state index contributed by atoms with van der Waals surface area (Å²) in [5.74, 6) is -0.371. The van der Waals surface area contributed by atoms with E-state index >= 15 is 0 Å². The summed E-state index contributed by atoms with van der Waals surface area (Å²) in [6, 6.07) is 6.80. The van der Waals surface area contributed by atoms with Crippen molar-refractivity contribution in [3.8, 4) is 0 Å². The van der Waals surface area contributed by atoms with Crippen LogP contribution in [0, 0.1) is 0 Å². The van der Waals surface area contributed by atoms with E-state index in [-0.39, 0.29) is 23.3 Å². The van der Waals surface area contributed by atoms with Crippen molar-refractivity contribution < 1.29 is 19.1 Å². The molecular formula is C18H21ClN2O4S. The fraction of sp³-hybridized carbons (Fsp3) is 0.500. The molecule has 2 amide bonds. The Morgan fingerprint density at radius 1 is 1.38 bits per heavy atom. The Morgan fingerprint density at radius 3 is 2.85 bits per heavy atom. The van der Waals surface area contributed by atoms with Gasteiger partial charge < -0.3 is 15.0 Å². The second kappa shape index (κ2) is 7.88. The number of carbonyl (C=O) groups excluding carboxylic acids is 3. The van der Waals surface area contributed by atoms with Crippen LogP contribution in [0.25, 0.3) is 0 Å². The SMILES string of the molecule is C[C@@]12CCC(=O)N1[C@H](C(=O)OCC(=O)NCCc1ccc(Cl)cc1)CS2. The molecule has 2 atom stereocenters. The summed E-state index contributed by atoms with van der Waals surface area (Å²) in [4.78, 5) is 37.5. The molecule has 0 spiro atoms. The average Bonchev–Trinajstić information content (AvgIpc) is 3.11. The molecule has 0 saturated carbocycles. The number of ether oxygens (including phenoxy) is 1. The van der Waals surface area contributed by atoms with Gasteiger partial charge in [-0.05, 0) is 37.5 Å². The van der Waals surface area contributed by atoms with E-state index in [0.29, 0.717) is 30.2 Å². The van der Waals surface area contributed by atoms with Crippen molar-refractivity contribution in [1.29, 1.82) is 0 Å². The molecule has 1 N–H and O–H groups in total. The Labute approximate surface area is 161 Å². The maximum Gasteiger partial charge on any atom is 0.330 e. The van der Waals surface area contributed by atoms with E-state index in [1.54, 1.807) is 28.8 Å². The number of esters is 1. The van der Waals surface area contributed by atoms with Gasteiger partial charge in [0.15, 0.2) is 6.61 Å². The van der Waals surface area contributed by atoms with Crippen molar-refractivity contribution in [3.63, 3.8) is 0 Å². The number of nitrogens with zero attached hydrogens (tertiary/aromatic N) is 1. The predicted octanol–water partition coefficient (Wildman–Crippen LogP) is 2.00. The Kier molecular flexibility index (Phi) is 5.77. The highest BCUT2D eigenvalue weighted by molar-refractivity contribution is 8.01. The van der Waals surface area contributed by atoms with Gasteiger partial charge in [0.25, 0.3) is 5.91 Å². The van der Waals surface area contributed by atoms with Crippen LogP contribution in [0.4, 0.5) is 0 Å². The zero-order chi connectivity index (χ0) is 18.7. The van der Waals surface area contributed by atoms with E-state index in [1.165, 1.54) is 0 Å². The zero-order valence-corrected chi connectivity index (χ0v) is 16.1. The van der Waals surface area contributed by atoms with Gasteiger partial charge in [0.1, 0.15) is 6.04 Å². The van der Waals surface area contributed by atoms with Gasteiger partial charge in [-0.25, -0.2) is 4.79 Å². The average molecular weight is 397 g/mol. The van der Waals surface area contributed by atoms with E-state index in [1.807, 2.05) is 19.1 Å². The monoisotopic (exact) mass is 396 g/mol. The first-order valence-electron chi connectivity index (χ1n) is 8.53. The van der Waals surface area contributed by atoms with Crippen LogP contribution in [0.1, 0.15) is 25.3 Å². The Balaban J connectivity index is 1.41. The lowest BCUT2D eigenvalue weighted by atomic mass is 10.1. The molecule has 2 aliphatic heterocycles. The van der Waals surface area contributed by atoms with Gasteiger partial charge in [0, 0.05) is 23.7 Å². The number of hydrogen-bond acceptors (Lipinski definition) is 5. The van der Waals surface area contributed by atoms with Crippen molar-refractivity contribution in [3.05, 3.63) is 34.9 Å². The van der Waals surface area contributed by atoms with Crippen LogP contribution in [-0.2, 0) is 25.5 Å². The van der Waals surface area contributed by atoms with Crippen LogP contribution in [0.5, 0.6) is 0 Å². The molecule has 6 nitrogen and oxygen atoms in total. The fourth-order valence-electron chi connectivity index (χ4n) is 3.28. The smallest absolute Gasteiger partial charge is 0.330 e. The molecule has 2 fully saturated rings. The topological polar surface area (TPSA) is 75.7 Å². The summed E-state index contributed by atoms with van der Waals surface area (Å²) in [5.41, 5.74) is 1.06. The number of amides is 2. The number of carbonyl (C=O) groups is 3. The van der Waals surface area contributed by atoms with Crippen LogP contribution in [0.2, 0.25) is 5.02 Å². The normalized spacial score (nSPS) is 24.5. The van der Waals surface area contributed by atoms with Crippen LogP contribution in [-0.4, -0.2) is 52.5 Å². The summed E-state index contributed by atoms with van der Waals surface area (Å²) < 4.78 is 5.13. The Bertz CT molecular complexity index is 712. The second-order valence-electron chi connectivity index (χ2n) is 6.60. The first-order valence-corrected chi connectivity index (χ1v) is 9.89. The van der Waals surface area contributed by atoms with Crippen molar-refractivity contribution >= 4 is 41.1 Å². The maximum atomic E-state index is 12.3. The number of halogens is 1. The molecule has 1 aromatic rings. The number of nitrogens with one attached hydrogen (secondary N) is 1. The summed E-state index contributed by atoms with van der Waals surface area (Å²) in [6.45, 7) is 2.08. The molecule has 3 rings (SSSR count). The molecule has 0 aromatic heterocycles. The number of thioether (sulfide) groups is 1. The van der Waals surface area contributed by atoms with E-state index in [0.717, 1.165) is 12.0 Å². The molecule has 26 heavy (non-hydrogen) atoms. The van der Waals surface area contributed by atoms with E-state index < -0.39 is 12.0 Å². The van der Waals surface area contributed by atoms with Gasteiger partial charge in [0.2, 0.25) is 5.91 Å². The van der Waals surface area contributed by atoms with Crippen LogP contribution in [0.15, 0.2) is 24.3 Å². The van der Waals surface area contributed by atoms with E-state index in [4.69, 9.17) is 16.3 Å². The van der Waals surface area contributed by atoms with Gasteiger partial charge in [-0.2, -0.15) is 0 Å². The molecule has 0 bridgehead atoms. The zero-order valence-electron chi connectivity index (χ0n) is 14.5. The molecular weight excluding hydrogens is 376 g/mol. The maximum absolute atomic E-state index is 12.3. The highest BCUT2D eigenvalue weighted by Crippen LogP contribution is 2.47. The van der Waals surface area contributed by atoms with Crippen molar-refractivity contribution in [2.75, 3.05) is 18.9 Å². The molecule has 140 valence electrons. The molecule has 8 heteroatoms. The highest BCUT2D eigenvalue weighted by Gasteiger charge is 2.53. The van der Waals surface area contributed by atoms with Crippen LogP contribution >= 0.6 is 23.4 Å². The number of hydrogen-bond donors (Lipinski definition) is 1. The molecule has 0 radical (unpaired) electrons. The highest BCUT2D eigenvalue weighted by atomic mass is 35.5. The van der Waals surface area contributed by atoms with Gasteiger partial charge in [0.05, 0.1) is 4.87 Å². The van der Waals surface area contributed by atoms with Crippen LogP contribution < -0.4 is 5.32 Å². The largest absolute Gasteiger partial charge is 0.454 e. The molecule has 0 aliphatic carbocycles. The Morgan fingerprint density at radius 2 is 2.12 bits per heavy atom. The first kappa shape index (κ1) is 19.0. The van der Waals surface area contributed by atoms with Gasteiger partial charge in [-0.15, -0.1) is 11.8 Å². The summed E-state index contributed by atoms with van der Waals surface area (Å²) in [5, 5.41) is 3.39. The first-order chi connectivity index (χ1) is 12.4. The van der Waals surface area contributed by atoms with Crippen molar-refractivity contribution in [2.45, 2.75) is 37.1 Å². The second-order valence-corrected chi connectivity index (χ2v) is 8.54.